The van der Waals surface area contributed by atoms with Gasteiger partial charge in [-0.15, -0.1) is 0 Å². The van der Waals surface area contributed by atoms with Crippen molar-refractivity contribution in [2.24, 2.45) is 0 Å². The molecule has 0 fully saturated rings. The standard InChI is InChI=1S/C17H30N2O2/c1-21-13-9-7-5-3-2-4-6-8-10-14-11-12-15(20)17(19)16(14)18/h11-12,20H,2-10,13,18-19H2,1H3. The number of hydrogen-bond donors (Lipinski definition) is 3. The molecule has 0 aliphatic rings. The van der Waals surface area contributed by atoms with Crippen LogP contribution < -0.4 is 11.5 Å². The van der Waals surface area contributed by atoms with Crippen LogP contribution in [-0.2, 0) is 11.2 Å². The number of rotatable bonds is 11. The lowest BCUT2D eigenvalue weighted by molar-refractivity contribution is 0.192. The molecule has 0 amide bonds. The van der Waals surface area contributed by atoms with E-state index in [0.717, 1.165) is 25.0 Å². The van der Waals surface area contributed by atoms with E-state index in [1.54, 1.807) is 13.2 Å². The highest BCUT2D eigenvalue weighted by Gasteiger charge is 2.06. The summed E-state index contributed by atoms with van der Waals surface area (Å²) in [6.07, 6.45) is 10.9. The van der Waals surface area contributed by atoms with Crippen molar-refractivity contribution in [3.05, 3.63) is 17.7 Å². The maximum Gasteiger partial charge on any atom is 0.140 e. The fourth-order valence-corrected chi connectivity index (χ4v) is 2.51. The molecule has 4 heteroatoms. The van der Waals surface area contributed by atoms with E-state index in [1.807, 2.05) is 6.07 Å². The number of ether oxygens (including phenoxy) is 1. The summed E-state index contributed by atoms with van der Waals surface area (Å²) in [4.78, 5) is 0. The van der Waals surface area contributed by atoms with Gasteiger partial charge in [-0.1, -0.05) is 44.6 Å². The lowest BCUT2D eigenvalue weighted by Gasteiger charge is -2.09. The van der Waals surface area contributed by atoms with Crippen molar-refractivity contribution >= 4 is 11.4 Å². The fraction of sp³-hybridized carbons (Fsp3) is 0.647. The zero-order valence-electron chi connectivity index (χ0n) is 13.2. The van der Waals surface area contributed by atoms with Gasteiger partial charge in [0, 0.05) is 13.7 Å². The van der Waals surface area contributed by atoms with Crippen molar-refractivity contribution in [2.45, 2.75) is 57.8 Å². The number of nitrogen functional groups attached to an aromatic ring is 2. The summed E-state index contributed by atoms with van der Waals surface area (Å²) in [6.45, 7) is 0.886. The summed E-state index contributed by atoms with van der Waals surface area (Å²) < 4.78 is 5.03. The zero-order valence-corrected chi connectivity index (χ0v) is 13.2. The lowest BCUT2D eigenvalue weighted by atomic mass is 10.0. The van der Waals surface area contributed by atoms with Crippen molar-refractivity contribution in [3.63, 3.8) is 0 Å². The summed E-state index contributed by atoms with van der Waals surface area (Å²) in [5.74, 6) is 0.0738. The molecule has 4 nitrogen and oxygen atoms in total. The predicted molar refractivity (Wildman–Crippen MR) is 89.4 cm³/mol. The first-order chi connectivity index (χ1) is 10.2. The number of phenolic OH excluding ortho intramolecular Hbond substituents is 1. The molecular weight excluding hydrogens is 264 g/mol. The second-order valence-electron chi connectivity index (χ2n) is 5.64. The fourth-order valence-electron chi connectivity index (χ4n) is 2.51. The number of benzene rings is 1. The Labute approximate surface area is 128 Å². The van der Waals surface area contributed by atoms with E-state index in [4.69, 9.17) is 16.2 Å². The number of methoxy groups -OCH3 is 1. The van der Waals surface area contributed by atoms with Gasteiger partial charge in [-0.3, -0.25) is 0 Å². The van der Waals surface area contributed by atoms with Gasteiger partial charge >= 0.3 is 0 Å². The third-order valence-electron chi connectivity index (χ3n) is 3.90. The van der Waals surface area contributed by atoms with E-state index < -0.39 is 0 Å². The molecule has 1 aromatic rings. The molecule has 120 valence electrons. The van der Waals surface area contributed by atoms with Gasteiger partial charge < -0.3 is 21.3 Å². The Hall–Kier alpha value is -1.42. The number of phenols is 1. The highest BCUT2D eigenvalue weighted by Crippen LogP contribution is 2.30. The van der Waals surface area contributed by atoms with E-state index in [9.17, 15) is 5.11 Å². The van der Waals surface area contributed by atoms with Gasteiger partial charge in [-0.2, -0.15) is 0 Å². The van der Waals surface area contributed by atoms with Crippen molar-refractivity contribution in [1.29, 1.82) is 0 Å². The van der Waals surface area contributed by atoms with Gasteiger partial charge in [0.15, 0.2) is 0 Å². The normalized spacial score (nSPS) is 10.9. The minimum atomic E-state index is 0.0738. The smallest absolute Gasteiger partial charge is 0.140 e. The Morgan fingerprint density at radius 3 is 2.05 bits per heavy atom. The number of aromatic hydroxyl groups is 1. The van der Waals surface area contributed by atoms with E-state index in [2.05, 4.69) is 0 Å². The van der Waals surface area contributed by atoms with Gasteiger partial charge in [0.05, 0.1) is 11.4 Å². The summed E-state index contributed by atoms with van der Waals surface area (Å²) >= 11 is 0. The van der Waals surface area contributed by atoms with Gasteiger partial charge in [0.2, 0.25) is 0 Å². The number of anilines is 2. The molecule has 0 atom stereocenters. The molecule has 1 aromatic carbocycles. The molecule has 0 radical (unpaired) electrons. The average molecular weight is 294 g/mol. The molecule has 0 spiro atoms. The van der Waals surface area contributed by atoms with Crippen molar-refractivity contribution < 1.29 is 9.84 Å². The average Bonchev–Trinajstić information content (AvgIpc) is 2.49. The monoisotopic (exact) mass is 294 g/mol. The van der Waals surface area contributed by atoms with Crippen LogP contribution in [-0.4, -0.2) is 18.8 Å². The lowest BCUT2D eigenvalue weighted by Crippen LogP contribution is -2.00. The van der Waals surface area contributed by atoms with Crippen LogP contribution in [0.15, 0.2) is 12.1 Å². The van der Waals surface area contributed by atoms with Crippen LogP contribution in [0.5, 0.6) is 5.75 Å². The Balaban J connectivity index is 2.06. The molecule has 21 heavy (non-hydrogen) atoms. The van der Waals surface area contributed by atoms with Crippen molar-refractivity contribution in [2.75, 3.05) is 25.2 Å². The van der Waals surface area contributed by atoms with E-state index in [0.29, 0.717) is 11.4 Å². The molecule has 0 aliphatic heterocycles. The quantitative estimate of drug-likeness (QED) is 0.329. The van der Waals surface area contributed by atoms with E-state index >= 15 is 0 Å². The van der Waals surface area contributed by atoms with Gasteiger partial charge in [0.1, 0.15) is 5.75 Å². The van der Waals surface area contributed by atoms with Gasteiger partial charge in [0.25, 0.3) is 0 Å². The summed E-state index contributed by atoms with van der Waals surface area (Å²) in [5.41, 5.74) is 13.5. The minimum Gasteiger partial charge on any atom is -0.506 e. The molecule has 1 rings (SSSR count). The van der Waals surface area contributed by atoms with Crippen LogP contribution in [0.3, 0.4) is 0 Å². The molecule has 0 saturated heterocycles. The molecule has 0 aliphatic carbocycles. The number of hydrogen-bond acceptors (Lipinski definition) is 4. The summed E-state index contributed by atoms with van der Waals surface area (Å²) in [7, 11) is 1.76. The van der Waals surface area contributed by atoms with E-state index in [-0.39, 0.29) is 5.75 Å². The highest BCUT2D eigenvalue weighted by atomic mass is 16.5. The molecule has 0 bridgehead atoms. The highest BCUT2D eigenvalue weighted by molar-refractivity contribution is 5.73. The summed E-state index contributed by atoms with van der Waals surface area (Å²) in [5, 5.41) is 9.46. The SMILES string of the molecule is COCCCCCCCCCCc1ccc(O)c(N)c1N. The van der Waals surface area contributed by atoms with E-state index in [1.165, 1.54) is 44.9 Å². The number of aryl methyl sites for hydroxylation is 1. The largest absolute Gasteiger partial charge is 0.506 e. The maximum absolute atomic E-state index is 9.46. The molecule has 0 saturated carbocycles. The first-order valence-electron chi connectivity index (χ1n) is 8.01. The topological polar surface area (TPSA) is 81.5 Å². The second kappa shape index (κ2) is 10.3. The van der Waals surface area contributed by atoms with Crippen LogP contribution >= 0.6 is 0 Å². The third-order valence-corrected chi connectivity index (χ3v) is 3.90. The van der Waals surface area contributed by atoms with Crippen LogP contribution in [0.4, 0.5) is 11.4 Å². The van der Waals surface area contributed by atoms with Crippen LogP contribution in [0.1, 0.15) is 56.9 Å². The molecule has 0 aromatic heterocycles. The third kappa shape index (κ3) is 6.71. The van der Waals surface area contributed by atoms with Crippen LogP contribution in [0.2, 0.25) is 0 Å². The van der Waals surface area contributed by atoms with Crippen molar-refractivity contribution in [3.8, 4) is 5.75 Å². The zero-order chi connectivity index (χ0) is 15.5. The van der Waals surface area contributed by atoms with Gasteiger partial charge in [-0.25, -0.2) is 0 Å². The first kappa shape index (κ1) is 17.6. The Kier molecular flexibility index (Phi) is 8.67. The van der Waals surface area contributed by atoms with Crippen LogP contribution in [0, 0.1) is 0 Å². The van der Waals surface area contributed by atoms with Gasteiger partial charge in [-0.05, 0) is 30.9 Å². The second-order valence-corrected chi connectivity index (χ2v) is 5.64. The predicted octanol–water partition coefficient (Wildman–Crippen LogP) is 3.87. The first-order valence-corrected chi connectivity index (χ1v) is 8.01. The molecule has 5 N–H and O–H groups in total. The van der Waals surface area contributed by atoms with Crippen molar-refractivity contribution in [1.82, 2.24) is 0 Å². The summed E-state index contributed by atoms with van der Waals surface area (Å²) in [6, 6.07) is 3.50. The number of nitrogens with two attached hydrogens (primary N) is 2. The molecular formula is C17H30N2O2. The Bertz CT molecular complexity index is 408. The Morgan fingerprint density at radius 2 is 1.43 bits per heavy atom. The molecule has 0 heterocycles. The molecule has 0 unspecified atom stereocenters. The number of unbranched alkanes of at least 4 members (excludes halogenated alkanes) is 7. The minimum absolute atomic E-state index is 0.0738. The maximum atomic E-state index is 9.46. The van der Waals surface area contributed by atoms with Crippen LogP contribution in [0.25, 0.3) is 0 Å². The Morgan fingerprint density at radius 1 is 0.857 bits per heavy atom.